The predicted octanol–water partition coefficient (Wildman–Crippen LogP) is 1.87. The van der Waals surface area contributed by atoms with Crippen molar-refractivity contribution in [3.63, 3.8) is 0 Å². The molecule has 7 heteroatoms. The third-order valence-corrected chi connectivity index (χ3v) is 2.97. The number of carbonyl (C=O) groups is 1. The number of nitrogen functional groups attached to an aromatic ring is 1. The minimum Gasteiger partial charge on any atom is -0.382 e. The lowest BCUT2D eigenvalue weighted by molar-refractivity contribution is 0.102. The van der Waals surface area contributed by atoms with Crippen LogP contribution in [0, 0.1) is 0 Å². The van der Waals surface area contributed by atoms with Crippen LogP contribution in [0.2, 0.25) is 5.02 Å². The zero-order valence-electron chi connectivity index (χ0n) is 10.6. The first-order chi connectivity index (χ1) is 9.01. The Balaban J connectivity index is 2.20. The average Bonchev–Trinajstić information content (AvgIpc) is 2.73. The molecule has 0 aliphatic carbocycles. The van der Waals surface area contributed by atoms with Crippen LogP contribution in [0.15, 0.2) is 18.3 Å². The minimum absolute atomic E-state index is 0.201. The number of carbonyl (C=O) groups excluding carboxylic acids is 1. The maximum Gasteiger partial charge on any atom is 0.258 e. The molecule has 0 aliphatic heterocycles. The number of amides is 1. The lowest BCUT2D eigenvalue weighted by Gasteiger charge is -2.05. The van der Waals surface area contributed by atoms with E-state index < -0.39 is 0 Å². The van der Waals surface area contributed by atoms with Gasteiger partial charge >= 0.3 is 0 Å². The maximum atomic E-state index is 12.0. The second kappa shape index (κ2) is 5.27. The summed E-state index contributed by atoms with van der Waals surface area (Å²) in [7, 11) is 1.77. The Morgan fingerprint density at radius 3 is 2.84 bits per heavy atom. The second-order valence-corrected chi connectivity index (χ2v) is 4.45. The van der Waals surface area contributed by atoms with E-state index in [0.717, 1.165) is 12.1 Å². The van der Waals surface area contributed by atoms with Gasteiger partial charge in [0, 0.05) is 19.3 Å². The van der Waals surface area contributed by atoms with Crippen molar-refractivity contribution in [1.82, 2.24) is 14.8 Å². The van der Waals surface area contributed by atoms with Gasteiger partial charge in [0.2, 0.25) is 0 Å². The molecular weight excluding hydrogens is 266 g/mol. The quantitative estimate of drug-likeness (QED) is 0.898. The number of nitrogens with zero attached hydrogens (tertiary/aromatic N) is 3. The number of rotatable bonds is 3. The van der Waals surface area contributed by atoms with Crippen LogP contribution in [0.1, 0.15) is 23.0 Å². The second-order valence-electron chi connectivity index (χ2n) is 4.04. The Morgan fingerprint density at radius 1 is 1.53 bits per heavy atom. The number of aromatic nitrogens is 3. The van der Waals surface area contributed by atoms with E-state index in [0.29, 0.717) is 11.4 Å². The van der Waals surface area contributed by atoms with Gasteiger partial charge in [-0.05, 0) is 12.5 Å². The van der Waals surface area contributed by atoms with E-state index in [1.807, 2.05) is 13.0 Å². The zero-order valence-corrected chi connectivity index (χ0v) is 11.4. The van der Waals surface area contributed by atoms with E-state index >= 15 is 0 Å². The van der Waals surface area contributed by atoms with Crippen molar-refractivity contribution in [3.05, 3.63) is 34.6 Å². The Hall–Kier alpha value is -2.08. The largest absolute Gasteiger partial charge is 0.382 e. The van der Waals surface area contributed by atoms with Gasteiger partial charge in [0.25, 0.3) is 5.91 Å². The van der Waals surface area contributed by atoms with E-state index in [-0.39, 0.29) is 16.7 Å². The smallest absolute Gasteiger partial charge is 0.258 e. The molecular formula is C12H14ClN5O. The molecule has 2 aromatic heterocycles. The van der Waals surface area contributed by atoms with E-state index in [2.05, 4.69) is 15.4 Å². The maximum absolute atomic E-state index is 12.0. The number of hydrogen-bond donors (Lipinski definition) is 2. The molecule has 1 amide bonds. The third-order valence-electron chi connectivity index (χ3n) is 2.67. The van der Waals surface area contributed by atoms with Gasteiger partial charge in [0.05, 0.1) is 16.3 Å². The molecule has 6 nitrogen and oxygen atoms in total. The van der Waals surface area contributed by atoms with Gasteiger partial charge in [-0.25, -0.2) is 4.98 Å². The van der Waals surface area contributed by atoms with Crippen LogP contribution < -0.4 is 11.1 Å². The zero-order chi connectivity index (χ0) is 14.0. The molecule has 3 N–H and O–H groups in total. The molecule has 19 heavy (non-hydrogen) atoms. The van der Waals surface area contributed by atoms with Crippen molar-refractivity contribution >= 4 is 29.1 Å². The Morgan fingerprint density at radius 2 is 2.26 bits per heavy atom. The van der Waals surface area contributed by atoms with E-state index in [9.17, 15) is 4.79 Å². The number of hydrogen-bond acceptors (Lipinski definition) is 4. The molecule has 0 aromatic carbocycles. The summed E-state index contributed by atoms with van der Waals surface area (Å²) < 4.78 is 1.61. The molecule has 0 bridgehead atoms. The highest BCUT2D eigenvalue weighted by molar-refractivity contribution is 6.33. The number of anilines is 2. The monoisotopic (exact) mass is 279 g/mol. The average molecular weight is 280 g/mol. The van der Waals surface area contributed by atoms with Crippen molar-refractivity contribution in [3.8, 4) is 0 Å². The summed E-state index contributed by atoms with van der Waals surface area (Å²) in [4.78, 5) is 15.9. The molecule has 0 unspecified atom stereocenters. The lowest BCUT2D eigenvalue weighted by Crippen LogP contribution is -2.15. The van der Waals surface area contributed by atoms with Crippen LogP contribution in [0.3, 0.4) is 0 Å². The summed E-state index contributed by atoms with van der Waals surface area (Å²) in [5, 5.41) is 7.25. The van der Waals surface area contributed by atoms with Crippen LogP contribution in [-0.2, 0) is 13.5 Å². The highest BCUT2D eigenvalue weighted by Gasteiger charge is 2.12. The molecule has 0 saturated heterocycles. The fraction of sp³-hybridized carbons (Fsp3) is 0.250. The highest BCUT2D eigenvalue weighted by Crippen LogP contribution is 2.18. The first kappa shape index (κ1) is 13.4. The molecule has 0 aliphatic rings. The minimum atomic E-state index is -0.306. The summed E-state index contributed by atoms with van der Waals surface area (Å²) in [6.07, 6.45) is 2.19. The van der Waals surface area contributed by atoms with Crippen LogP contribution in [-0.4, -0.2) is 20.7 Å². The fourth-order valence-electron chi connectivity index (χ4n) is 1.58. The SMILES string of the molecule is CCc1cc(NC(=O)c2cnc(N)c(Cl)c2)n(C)n1. The van der Waals surface area contributed by atoms with Crippen molar-refractivity contribution < 1.29 is 4.79 Å². The van der Waals surface area contributed by atoms with Gasteiger partial charge in [-0.1, -0.05) is 18.5 Å². The Kier molecular flexibility index (Phi) is 3.71. The van der Waals surface area contributed by atoms with E-state index in [1.165, 1.54) is 12.3 Å². The van der Waals surface area contributed by atoms with Crippen molar-refractivity contribution in [2.45, 2.75) is 13.3 Å². The summed E-state index contributed by atoms with van der Waals surface area (Å²) in [6.45, 7) is 2.00. The molecule has 2 rings (SSSR count). The third kappa shape index (κ3) is 2.85. The summed E-state index contributed by atoms with van der Waals surface area (Å²) in [5.74, 6) is 0.516. The molecule has 0 atom stereocenters. The van der Waals surface area contributed by atoms with Gasteiger partial charge in [-0.15, -0.1) is 0 Å². The molecule has 0 saturated carbocycles. The van der Waals surface area contributed by atoms with Crippen LogP contribution in [0.4, 0.5) is 11.6 Å². The normalized spacial score (nSPS) is 10.5. The molecule has 0 fully saturated rings. The van der Waals surface area contributed by atoms with Gasteiger partial charge < -0.3 is 11.1 Å². The number of pyridine rings is 1. The molecule has 0 radical (unpaired) electrons. The summed E-state index contributed by atoms with van der Waals surface area (Å²) in [5.41, 5.74) is 6.75. The van der Waals surface area contributed by atoms with Crippen LogP contribution in [0.5, 0.6) is 0 Å². The number of halogens is 1. The van der Waals surface area contributed by atoms with Gasteiger partial charge in [-0.2, -0.15) is 5.10 Å². The van der Waals surface area contributed by atoms with Crippen LogP contribution >= 0.6 is 11.6 Å². The van der Waals surface area contributed by atoms with Gasteiger partial charge in [0.15, 0.2) is 0 Å². The lowest BCUT2D eigenvalue weighted by atomic mass is 10.2. The van der Waals surface area contributed by atoms with Gasteiger partial charge in [0.1, 0.15) is 11.6 Å². The van der Waals surface area contributed by atoms with Crippen molar-refractivity contribution in [2.75, 3.05) is 11.1 Å². The number of aryl methyl sites for hydroxylation is 2. The molecule has 100 valence electrons. The Bertz CT molecular complexity index is 623. The summed E-state index contributed by atoms with van der Waals surface area (Å²) >= 11 is 5.83. The molecule has 2 aromatic rings. The van der Waals surface area contributed by atoms with E-state index in [1.54, 1.807) is 11.7 Å². The topological polar surface area (TPSA) is 85.8 Å². The van der Waals surface area contributed by atoms with Crippen molar-refractivity contribution in [2.24, 2.45) is 7.05 Å². The highest BCUT2D eigenvalue weighted by atomic mass is 35.5. The number of nitrogens with one attached hydrogen (secondary N) is 1. The first-order valence-electron chi connectivity index (χ1n) is 5.76. The predicted molar refractivity (Wildman–Crippen MR) is 74.2 cm³/mol. The number of nitrogens with two attached hydrogens (primary N) is 1. The van der Waals surface area contributed by atoms with E-state index in [4.69, 9.17) is 17.3 Å². The van der Waals surface area contributed by atoms with Crippen molar-refractivity contribution in [1.29, 1.82) is 0 Å². The molecule has 0 spiro atoms. The standard InChI is InChI=1S/C12H14ClN5O/c1-3-8-5-10(18(2)17-8)16-12(19)7-4-9(13)11(14)15-6-7/h4-6H,3H2,1-2H3,(H2,14,15)(H,16,19). The Labute approximate surface area is 115 Å². The van der Waals surface area contributed by atoms with Crippen LogP contribution in [0.25, 0.3) is 0 Å². The molecule has 2 heterocycles. The van der Waals surface area contributed by atoms with Gasteiger partial charge in [-0.3, -0.25) is 9.48 Å². The first-order valence-corrected chi connectivity index (χ1v) is 6.14. The fourth-order valence-corrected chi connectivity index (χ4v) is 1.74. The summed E-state index contributed by atoms with van der Waals surface area (Å²) in [6, 6.07) is 3.31.